The van der Waals surface area contributed by atoms with E-state index in [0.717, 1.165) is 5.69 Å². The van der Waals surface area contributed by atoms with Crippen molar-refractivity contribution in [3.05, 3.63) is 23.8 Å². The van der Waals surface area contributed by atoms with Crippen LogP contribution in [-0.4, -0.2) is 30.2 Å². The summed E-state index contributed by atoms with van der Waals surface area (Å²) in [5.41, 5.74) is 13.5. The number of amides is 2. The van der Waals surface area contributed by atoms with Gasteiger partial charge in [-0.2, -0.15) is 5.11 Å². The maximum Gasteiger partial charge on any atom is 0.254 e. The van der Waals surface area contributed by atoms with Crippen molar-refractivity contribution in [1.82, 2.24) is 5.32 Å². The minimum atomic E-state index is -0.945. The number of hydrogen-bond donors (Lipinski definition) is 4. The minimum Gasteiger partial charge on any atom is -0.383 e. The van der Waals surface area contributed by atoms with Gasteiger partial charge in [-0.15, -0.1) is 0 Å². The highest BCUT2D eigenvalue weighted by Gasteiger charge is 2.20. The number of benzene rings is 1. The first-order valence-electron chi connectivity index (χ1n) is 7.21. The molecule has 5 N–H and O–H groups in total. The van der Waals surface area contributed by atoms with Crippen LogP contribution in [0.4, 0.5) is 11.4 Å². The number of aldehydes is 1. The molecule has 1 aromatic rings. The molecule has 124 valence electrons. The second-order valence-corrected chi connectivity index (χ2v) is 5.32. The molecule has 1 unspecified atom stereocenters. The van der Waals surface area contributed by atoms with Gasteiger partial charge in [-0.3, -0.25) is 9.59 Å². The van der Waals surface area contributed by atoms with Crippen LogP contribution in [0.15, 0.2) is 23.3 Å². The molecule has 0 aliphatic heterocycles. The predicted molar refractivity (Wildman–Crippen MR) is 85.8 cm³/mol. The highest BCUT2D eigenvalue weighted by atomic mass is 16.2. The molecule has 2 amide bonds. The van der Waals surface area contributed by atoms with E-state index >= 15 is 0 Å². The zero-order chi connectivity index (χ0) is 17.4. The number of anilines is 1. The molecular formula is C15H21N5O3. The van der Waals surface area contributed by atoms with E-state index in [1.807, 2.05) is 13.8 Å². The normalized spacial score (nSPS) is 11.6. The van der Waals surface area contributed by atoms with Crippen molar-refractivity contribution in [3.8, 4) is 0 Å². The van der Waals surface area contributed by atoms with Gasteiger partial charge >= 0.3 is 0 Å². The number of primary amides is 1. The number of carbonyl (C=O) groups is 3. The molecule has 0 saturated carbocycles. The van der Waals surface area contributed by atoms with Crippen molar-refractivity contribution in [2.75, 3.05) is 5.32 Å². The molecule has 0 bridgehead atoms. The maximum atomic E-state index is 12.3. The first-order valence-corrected chi connectivity index (χ1v) is 7.21. The van der Waals surface area contributed by atoms with E-state index in [1.165, 1.54) is 6.07 Å². The summed E-state index contributed by atoms with van der Waals surface area (Å²) in [5, 5.41) is 8.96. The van der Waals surface area contributed by atoms with Gasteiger partial charge in [0.2, 0.25) is 5.91 Å². The maximum absolute atomic E-state index is 12.3. The van der Waals surface area contributed by atoms with Gasteiger partial charge in [0.05, 0.1) is 11.3 Å². The van der Waals surface area contributed by atoms with E-state index in [9.17, 15) is 14.4 Å². The first kappa shape index (κ1) is 18.3. The van der Waals surface area contributed by atoms with E-state index in [2.05, 4.69) is 15.7 Å². The Morgan fingerprint density at radius 1 is 1.39 bits per heavy atom. The summed E-state index contributed by atoms with van der Waals surface area (Å²) in [6.07, 6.45) is 0.894. The molecule has 0 heterocycles. The van der Waals surface area contributed by atoms with Crippen LogP contribution in [-0.2, 0) is 9.59 Å². The van der Waals surface area contributed by atoms with Crippen LogP contribution < -0.4 is 16.4 Å². The molecule has 0 spiro atoms. The highest BCUT2D eigenvalue weighted by Crippen LogP contribution is 2.24. The van der Waals surface area contributed by atoms with Gasteiger partial charge < -0.3 is 21.2 Å². The monoisotopic (exact) mass is 319 g/mol. The SMILES string of the molecule is CC(C)Nc1ccc(C(=O)NC(CCC=O)C(N)=O)c(N=N)c1. The fourth-order valence-electron chi connectivity index (χ4n) is 2.00. The van der Waals surface area contributed by atoms with Crippen LogP contribution in [0.3, 0.4) is 0 Å². The van der Waals surface area contributed by atoms with Crippen LogP contribution >= 0.6 is 0 Å². The van der Waals surface area contributed by atoms with Crippen molar-refractivity contribution in [2.24, 2.45) is 10.8 Å². The lowest BCUT2D eigenvalue weighted by Gasteiger charge is -2.16. The second kappa shape index (κ2) is 8.62. The van der Waals surface area contributed by atoms with Gasteiger partial charge in [0, 0.05) is 18.2 Å². The quantitative estimate of drug-likeness (QED) is 0.407. The van der Waals surface area contributed by atoms with Crippen LogP contribution in [0.2, 0.25) is 0 Å². The van der Waals surface area contributed by atoms with Crippen LogP contribution in [0.5, 0.6) is 0 Å². The third kappa shape index (κ3) is 5.50. The Morgan fingerprint density at radius 3 is 2.61 bits per heavy atom. The fourth-order valence-corrected chi connectivity index (χ4v) is 2.00. The Hall–Kier alpha value is -2.77. The molecule has 8 nitrogen and oxygen atoms in total. The van der Waals surface area contributed by atoms with Gasteiger partial charge in [-0.05, 0) is 38.5 Å². The van der Waals surface area contributed by atoms with Crippen LogP contribution in [0.25, 0.3) is 0 Å². The van der Waals surface area contributed by atoms with E-state index < -0.39 is 17.9 Å². The molecule has 0 radical (unpaired) electrons. The number of hydrogen-bond acceptors (Lipinski definition) is 6. The smallest absolute Gasteiger partial charge is 0.254 e. The number of rotatable bonds is 9. The molecule has 1 rings (SSSR count). The molecule has 0 aromatic heterocycles. The average Bonchev–Trinajstić information content (AvgIpc) is 2.50. The Bertz CT molecular complexity index is 601. The summed E-state index contributed by atoms with van der Waals surface area (Å²) in [5.74, 6) is -1.29. The molecule has 8 heteroatoms. The Morgan fingerprint density at radius 2 is 2.09 bits per heavy atom. The van der Waals surface area contributed by atoms with Gasteiger partial charge in [-0.1, -0.05) is 0 Å². The number of nitrogens with zero attached hydrogens (tertiary/aromatic N) is 1. The van der Waals surface area contributed by atoms with Gasteiger partial charge in [0.1, 0.15) is 12.3 Å². The zero-order valence-electron chi connectivity index (χ0n) is 13.1. The molecular weight excluding hydrogens is 298 g/mol. The van der Waals surface area contributed by atoms with Crippen molar-refractivity contribution in [3.63, 3.8) is 0 Å². The average molecular weight is 319 g/mol. The first-order chi connectivity index (χ1) is 10.9. The lowest BCUT2D eigenvalue weighted by atomic mass is 10.1. The second-order valence-electron chi connectivity index (χ2n) is 5.32. The molecule has 0 saturated heterocycles. The highest BCUT2D eigenvalue weighted by molar-refractivity contribution is 6.01. The predicted octanol–water partition coefficient (Wildman–Crippen LogP) is 1.73. The number of carbonyl (C=O) groups excluding carboxylic acids is 3. The molecule has 23 heavy (non-hydrogen) atoms. The number of nitrogens with two attached hydrogens (primary N) is 1. The van der Waals surface area contributed by atoms with Crippen LogP contribution in [0.1, 0.15) is 37.0 Å². The standard InChI is InChI=1S/C15H21N5O3/c1-9(2)18-10-5-6-11(13(8-10)20-17)15(23)19-12(14(16)22)4-3-7-21/h5-9,12,17-18H,3-4H2,1-2H3,(H2,16,22)(H,19,23). The van der Waals surface area contributed by atoms with E-state index in [-0.39, 0.29) is 30.1 Å². The van der Waals surface area contributed by atoms with Gasteiger partial charge in [0.15, 0.2) is 0 Å². The molecule has 1 aromatic carbocycles. The van der Waals surface area contributed by atoms with Crippen molar-refractivity contribution < 1.29 is 14.4 Å². The van der Waals surface area contributed by atoms with Gasteiger partial charge in [0.25, 0.3) is 5.91 Å². The molecule has 0 aliphatic rings. The third-order valence-corrected chi connectivity index (χ3v) is 3.04. The summed E-state index contributed by atoms with van der Waals surface area (Å²) in [4.78, 5) is 34.0. The largest absolute Gasteiger partial charge is 0.383 e. The molecule has 0 fully saturated rings. The lowest BCUT2D eigenvalue weighted by Crippen LogP contribution is -2.44. The zero-order valence-corrected chi connectivity index (χ0v) is 13.1. The minimum absolute atomic E-state index is 0.112. The van der Waals surface area contributed by atoms with E-state index in [4.69, 9.17) is 11.3 Å². The summed E-state index contributed by atoms with van der Waals surface area (Å²) >= 11 is 0. The fraction of sp³-hybridized carbons (Fsp3) is 0.400. The summed E-state index contributed by atoms with van der Waals surface area (Å²) < 4.78 is 0. The van der Waals surface area contributed by atoms with Gasteiger partial charge in [-0.25, -0.2) is 5.53 Å². The van der Waals surface area contributed by atoms with Crippen LogP contribution in [0, 0.1) is 5.53 Å². The van der Waals surface area contributed by atoms with Crippen molar-refractivity contribution in [2.45, 2.75) is 38.8 Å². The van der Waals surface area contributed by atoms with Crippen molar-refractivity contribution in [1.29, 1.82) is 5.53 Å². The van der Waals surface area contributed by atoms with Crippen molar-refractivity contribution >= 4 is 29.5 Å². The Kier molecular flexibility index (Phi) is 6.85. The van der Waals surface area contributed by atoms with E-state index in [0.29, 0.717) is 6.29 Å². The molecule has 0 aliphatic carbocycles. The lowest BCUT2D eigenvalue weighted by molar-refractivity contribution is -0.120. The van der Waals surface area contributed by atoms with E-state index in [1.54, 1.807) is 12.1 Å². The third-order valence-electron chi connectivity index (χ3n) is 3.04. The number of nitrogens with one attached hydrogen (secondary N) is 3. The Labute approximate surface area is 134 Å². The summed E-state index contributed by atoms with van der Waals surface area (Å²) in [6.45, 7) is 3.92. The summed E-state index contributed by atoms with van der Waals surface area (Å²) in [7, 11) is 0. The molecule has 1 atom stereocenters. The summed E-state index contributed by atoms with van der Waals surface area (Å²) in [6, 6.07) is 4.03. The topological polar surface area (TPSA) is 138 Å². The Balaban J connectivity index is 2.95.